The van der Waals surface area contributed by atoms with Gasteiger partial charge in [-0.3, -0.25) is 18.9 Å². The van der Waals surface area contributed by atoms with Crippen molar-refractivity contribution in [3.05, 3.63) is 53.9 Å². The summed E-state index contributed by atoms with van der Waals surface area (Å²) in [7, 11) is -4.60. The van der Waals surface area contributed by atoms with Gasteiger partial charge in [0.05, 0.1) is 10.9 Å². The van der Waals surface area contributed by atoms with E-state index in [4.69, 9.17) is 5.73 Å². The minimum atomic E-state index is -4.60. The van der Waals surface area contributed by atoms with Crippen molar-refractivity contribution in [3.8, 4) is 0 Å². The fourth-order valence-corrected chi connectivity index (χ4v) is 5.06. The summed E-state index contributed by atoms with van der Waals surface area (Å²) in [5.41, 5.74) is 6.50. The molecule has 1 aliphatic rings. The number of likely N-dealkylation sites (tertiary alicyclic amines) is 1. The molecule has 1 saturated heterocycles. The van der Waals surface area contributed by atoms with Crippen LogP contribution in [0.4, 0.5) is 10.2 Å². The number of nitrogens with two attached hydrogens (primary N) is 1. The van der Waals surface area contributed by atoms with E-state index < -0.39 is 37.5 Å². The molecule has 196 valence electrons. The van der Waals surface area contributed by atoms with Crippen LogP contribution < -0.4 is 16.4 Å². The number of carbonyl (C=O) groups is 3. The highest BCUT2D eigenvalue weighted by Gasteiger charge is 2.34. The van der Waals surface area contributed by atoms with Gasteiger partial charge in [-0.2, -0.15) is 0 Å². The maximum atomic E-state index is 14.3. The van der Waals surface area contributed by atoms with E-state index in [-0.39, 0.29) is 48.6 Å². The number of fused-ring (bicyclic) bond motifs is 1. The number of aryl methyl sites for hydroxylation is 1. The number of hydrogen-bond acceptors (Lipinski definition) is 5. The second-order valence-electron chi connectivity index (χ2n) is 9.00. The number of benzene rings is 1. The molecule has 2 atom stereocenters. The van der Waals surface area contributed by atoms with Crippen LogP contribution in [0.25, 0.3) is 10.9 Å². The topological polar surface area (TPSA) is 168 Å². The van der Waals surface area contributed by atoms with E-state index in [2.05, 4.69) is 10.3 Å². The van der Waals surface area contributed by atoms with E-state index in [0.29, 0.717) is 17.0 Å². The molecule has 1 aromatic carbocycles. The Bertz CT molecular complexity index is 1420. The van der Waals surface area contributed by atoms with Crippen LogP contribution in [0.3, 0.4) is 0 Å². The lowest BCUT2D eigenvalue weighted by molar-refractivity contribution is -0.139. The van der Waals surface area contributed by atoms with Gasteiger partial charge in [-0.25, -0.2) is 9.37 Å². The van der Waals surface area contributed by atoms with Gasteiger partial charge in [0.2, 0.25) is 11.8 Å². The molecule has 37 heavy (non-hydrogen) atoms. The summed E-state index contributed by atoms with van der Waals surface area (Å²) in [6.07, 6.45) is 0.477. The fourth-order valence-electron chi connectivity index (χ4n) is 4.50. The normalized spacial score (nSPS) is 18.4. The van der Waals surface area contributed by atoms with Gasteiger partial charge in [-0.15, -0.1) is 0 Å². The van der Waals surface area contributed by atoms with Crippen LogP contribution in [0.2, 0.25) is 0 Å². The average Bonchev–Trinajstić information content (AvgIpc) is 3.05. The highest BCUT2D eigenvalue weighted by atomic mass is 31.2. The van der Waals surface area contributed by atoms with Crippen molar-refractivity contribution in [3.63, 3.8) is 0 Å². The number of pyridine rings is 1. The summed E-state index contributed by atoms with van der Waals surface area (Å²) in [4.78, 5) is 63.2. The van der Waals surface area contributed by atoms with Gasteiger partial charge < -0.3 is 30.3 Å². The highest BCUT2D eigenvalue weighted by molar-refractivity contribution is 7.60. The Morgan fingerprint density at radius 3 is 2.62 bits per heavy atom. The van der Waals surface area contributed by atoms with Crippen LogP contribution in [-0.4, -0.2) is 60.7 Å². The zero-order chi connectivity index (χ0) is 26.9. The second kappa shape index (κ2) is 10.4. The second-order valence-corrected chi connectivity index (χ2v) is 10.6. The molecule has 13 heteroatoms. The molecule has 4 rings (SSSR count). The molecule has 1 fully saturated rings. The van der Waals surface area contributed by atoms with Crippen molar-refractivity contribution in [2.24, 2.45) is 5.73 Å². The zero-order valence-corrected chi connectivity index (χ0v) is 20.9. The van der Waals surface area contributed by atoms with Crippen LogP contribution in [0.15, 0.2) is 42.6 Å². The highest BCUT2D eigenvalue weighted by Crippen LogP contribution is 2.35. The molecular weight excluding hydrogens is 504 g/mol. The first-order chi connectivity index (χ1) is 17.4. The number of carbonyl (C=O) groups excluding carboxylic acids is 3. The number of anilines is 1. The first kappa shape index (κ1) is 26.5. The van der Waals surface area contributed by atoms with E-state index in [9.17, 15) is 33.1 Å². The summed E-state index contributed by atoms with van der Waals surface area (Å²) in [5.74, 6) is -1.49. The number of primary amides is 1. The number of nitrogens with zero attached hydrogens (tertiary/aromatic N) is 3. The van der Waals surface area contributed by atoms with E-state index in [1.807, 2.05) is 0 Å². The molecule has 3 aromatic rings. The number of hydrogen-bond donors (Lipinski definition) is 4. The summed E-state index contributed by atoms with van der Waals surface area (Å²) in [6, 6.07) is 7.95. The molecule has 0 spiro atoms. The molecule has 11 nitrogen and oxygen atoms in total. The molecule has 1 unspecified atom stereocenters. The fraction of sp³-hybridized carbons (Fsp3) is 0.333. The molecule has 1 aliphatic heterocycles. The molecule has 0 bridgehead atoms. The summed E-state index contributed by atoms with van der Waals surface area (Å²) < 4.78 is 27.4. The number of amides is 3. The number of aromatic nitrogens is 2. The molecule has 3 amide bonds. The Kier molecular flexibility index (Phi) is 7.44. The number of halogens is 1. The lowest BCUT2D eigenvalue weighted by Crippen LogP contribution is -2.48. The molecule has 2 aromatic heterocycles. The standard InChI is InChI=1S/C24H27FN5O6P/c1-14-3-2-4-21(27-14)28-24(33)20-7-5-15(25)9-10-30(20)22(31)13-29-12-18(23(26)32)17-11-16(37(34,35)36)6-8-19(17)29/h2-4,6,8,11-12,15,20H,5,7,9-10,13H2,1H3,(H2,26,32)(H,27,28,33)(H2,34,35,36)/t15?,20-/m0/s1. The van der Waals surface area contributed by atoms with Crippen molar-refractivity contribution < 1.29 is 33.1 Å². The van der Waals surface area contributed by atoms with E-state index >= 15 is 0 Å². The van der Waals surface area contributed by atoms with Gasteiger partial charge >= 0.3 is 7.60 Å². The first-order valence-corrected chi connectivity index (χ1v) is 13.2. The molecule has 0 aliphatic carbocycles. The predicted octanol–water partition coefficient (Wildman–Crippen LogP) is 1.60. The smallest absolute Gasteiger partial charge is 0.356 e. The monoisotopic (exact) mass is 531 g/mol. The molecular formula is C24H27FN5O6P. The number of alkyl halides is 1. The summed E-state index contributed by atoms with van der Waals surface area (Å²) in [5, 5.41) is 2.59. The quantitative estimate of drug-likeness (QED) is 0.350. The van der Waals surface area contributed by atoms with Gasteiger partial charge in [-0.05, 0) is 56.5 Å². The van der Waals surface area contributed by atoms with Crippen molar-refractivity contribution in [1.29, 1.82) is 0 Å². The maximum Gasteiger partial charge on any atom is 0.356 e. The van der Waals surface area contributed by atoms with Gasteiger partial charge in [0.1, 0.15) is 24.6 Å². The van der Waals surface area contributed by atoms with Crippen LogP contribution in [0.1, 0.15) is 35.3 Å². The van der Waals surface area contributed by atoms with E-state index in [0.717, 1.165) is 0 Å². The van der Waals surface area contributed by atoms with Crippen molar-refractivity contribution in [1.82, 2.24) is 14.5 Å². The van der Waals surface area contributed by atoms with Crippen LogP contribution in [0.5, 0.6) is 0 Å². The number of rotatable bonds is 6. The van der Waals surface area contributed by atoms with Gasteiger partial charge in [-0.1, -0.05) is 6.07 Å². The van der Waals surface area contributed by atoms with Crippen LogP contribution in [-0.2, 0) is 20.7 Å². The Morgan fingerprint density at radius 2 is 1.95 bits per heavy atom. The summed E-state index contributed by atoms with van der Waals surface area (Å²) >= 11 is 0. The molecule has 5 N–H and O–H groups in total. The Hall–Kier alpha value is -3.60. The molecule has 3 heterocycles. The third-order valence-corrected chi connectivity index (χ3v) is 7.30. The van der Waals surface area contributed by atoms with Gasteiger partial charge in [0.25, 0.3) is 5.91 Å². The van der Waals surface area contributed by atoms with E-state index in [1.54, 1.807) is 25.1 Å². The SMILES string of the molecule is Cc1cccc(NC(=O)[C@@H]2CCC(F)CCN2C(=O)Cn2cc(C(N)=O)c3cc(P(=O)(O)O)ccc32)n1. The molecule has 0 radical (unpaired) electrons. The van der Waals surface area contributed by atoms with Crippen molar-refractivity contribution in [2.45, 2.75) is 44.9 Å². The molecule has 0 saturated carbocycles. The van der Waals surface area contributed by atoms with Gasteiger partial charge in [0, 0.05) is 29.3 Å². The average molecular weight is 531 g/mol. The Balaban J connectivity index is 1.64. The zero-order valence-electron chi connectivity index (χ0n) is 20.0. The van der Waals surface area contributed by atoms with Crippen molar-refractivity contribution in [2.75, 3.05) is 11.9 Å². The lowest BCUT2D eigenvalue weighted by Gasteiger charge is -2.29. The summed E-state index contributed by atoms with van der Waals surface area (Å²) in [6.45, 7) is 1.49. The predicted molar refractivity (Wildman–Crippen MR) is 134 cm³/mol. The number of nitrogens with one attached hydrogen (secondary N) is 1. The Labute approximate surface area is 211 Å². The lowest BCUT2D eigenvalue weighted by atomic mass is 10.1. The first-order valence-electron chi connectivity index (χ1n) is 11.6. The third kappa shape index (κ3) is 5.87. The Morgan fingerprint density at radius 1 is 1.19 bits per heavy atom. The third-order valence-electron chi connectivity index (χ3n) is 6.35. The van der Waals surface area contributed by atoms with Crippen molar-refractivity contribution >= 4 is 47.3 Å². The van der Waals surface area contributed by atoms with Crippen LogP contribution >= 0.6 is 7.60 Å². The van der Waals surface area contributed by atoms with Crippen LogP contribution in [0, 0.1) is 6.92 Å². The van der Waals surface area contributed by atoms with Gasteiger partial charge in [0.15, 0.2) is 0 Å². The van der Waals surface area contributed by atoms with E-state index in [1.165, 1.54) is 33.9 Å². The largest absolute Gasteiger partial charge is 0.366 e. The maximum absolute atomic E-state index is 14.3. The minimum absolute atomic E-state index is 0.0161. The minimum Gasteiger partial charge on any atom is -0.366 e.